The van der Waals surface area contributed by atoms with Crippen LogP contribution >= 0.6 is 0 Å². The molecule has 0 bridgehead atoms. The van der Waals surface area contributed by atoms with E-state index in [0.717, 1.165) is 16.9 Å². The third-order valence-electron chi connectivity index (χ3n) is 4.97. The number of hydrogen-bond donors (Lipinski definition) is 2. The van der Waals surface area contributed by atoms with E-state index in [-0.39, 0.29) is 41.7 Å². The van der Waals surface area contributed by atoms with Crippen LogP contribution in [0.2, 0.25) is 0 Å². The number of hydrogen-bond acceptors (Lipinski definition) is 3. The number of carbonyl (C=O) groups is 2. The smallest absolute Gasteiger partial charge is 0.226 e. The summed E-state index contributed by atoms with van der Waals surface area (Å²) in [6, 6.07) is 7.61. The number of benzene rings is 1. The highest BCUT2D eigenvalue weighted by Gasteiger charge is 2.40. The molecule has 2 aromatic rings. The third-order valence-corrected chi connectivity index (χ3v) is 4.97. The summed E-state index contributed by atoms with van der Waals surface area (Å²) in [6.07, 6.45) is 0.272. The van der Waals surface area contributed by atoms with Crippen LogP contribution in [0.15, 0.2) is 24.3 Å². The number of nitrogens with zero attached hydrogens (tertiary/aromatic N) is 2. The van der Waals surface area contributed by atoms with Gasteiger partial charge in [-0.1, -0.05) is 26.0 Å². The number of para-hydroxylation sites is 2. The van der Waals surface area contributed by atoms with Crippen LogP contribution in [0.3, 0.4) is 0 Å². The molecule has 6 nitrogen and oxygen atoms in total. The minimum atomic E-state index is -0.313. The van der Waals surface area contributed by atoms with Gasteiger partial charge in [0, 0.05) is 18.5 Å². The predicted octanol–water partition coefficient (Wildman–Crippen LogP) is 3.02. The summed E-state index contributed by atoms with van der Waals surface area (Å²) in [5, 5.41) is 3.12. The van der Waals surface area contributed by atoms with E-state index in [1.807, 2.05) is 45.0 Å². The fraction of sp³-hybridized carbons (Fsp3) is 0.550. The normalized spacial score (nSPS) is 19.4. The van der Waals surface area contributed by atoms with Gasteiger partial charge in [-0.15, -0.1) is 0 Å². The quantitative estimate of drug-likeness (QED) is 0.884. The van der Waals surface area contributed by atoms with Gasteiger partial charge in [0.2, 0.25) is 11.8 Å². The zero-order valence-corrected chi connectivity index (χ0v) is 16.2. The number of likely N-dealkylation sites (tertiary alicyclic amines) is 1. The number of rotatable bonds is 4. The first-order chi connectivity index (χ1) is 12.2. The van der Waals surface area contributed by atoms with Crippen LogP contribution < -0.4 is 5.32 Å². The van der Waals surface area contributed by atoms with Crippen LogP contribution in [0, 0.1) is 11.8 Å². The summed E-state index contributed by atoms with van der Waals surface area (Å²) < 4.78 is 0. The van der Waals surface area contributed by atoms with Crippen LogP contribution in [-0.4, -0.2) is 38.8 Å². The lowest BCUT2D eigenvalue weighted by Crippen LogP contribution is -2.43. The van der Waals surface area contributed by atoms with Crippen LogP contribution in [0.1, 0.15) is 52.9 Å². The number of carbonyl (C=O) groups excluding carboxylic acids is 2. The molecule has 1 aromatic heterocycles. The van der Waals surface area contributed by atoms with Crippen LogP contribution in [0.25, 0.3) is 11.0 Å². The van der Waals surface area contributed by atoms with Gasteiger partial charge in [0.25, 0.3) is 0 Å². The van der Waals surface area contributed by atoms with Gasteiger partial charge in [-0.05, 0) is 38.8 Å². The average molecular weight is 356 g/mol. The topological polar surface area (TPSA) is 78.1 Å². The van der Waals surface area contributed by atoms with Crippen molar-refractivity contribution in [2.75, 3.05) is 6.54 Å². The Hall–Kier alpha value is -2.37. The molecule has 2 N–H and O–H groups in total. The maximum absolute atomic E-state index is 12.8. The van der Waals surface area contributed by atoms with Gasteiger partial charge in [-0.3, -0.25) is 9.59 Å². The van der Waals surface area contributed by atoms with Gasteiger partial charge >= 0.3 is 0 Å². The Kier molecular flexibility index (Phi) is 4.78. The fourth-order valence-electron chi connectivity index (χ4n) is 3.47. The van der Waals surface area contributed by atoms with Crippen molar-refractivity contribution < 1.29 is 9.59 Å². The van der Waals surface area contributed by atoms with E-state index in [1.165, 1.54) is 0 Å². The number of fused-ring (bicyclic) bond motifs is 1. The molecule has 26 heavy (non-hydrogen) atoms. The lowest BCUT2D eigenvalue weighted by Gasteiger charge is -2.32. The molecular weight excluding hydrogens is 328 g/mol. The molecular formula is C20H28N4O2. The van der Waals surface area contributed by atoms with Crippen molar-refractivity contribution in [2.45, 2.75) is 52.6 Å². The van der Waals surface area contributed by atoms with E-state index in [0.29, 0.717) is 6.54 Å². The zero-order chi connectivity index (χ0) is 19.1. The summed E-state index contributed by atoms with van der Waals surface area (Å²) in [4.78, 5) is 34.8. The number of H-pyrrole nitrogens is 1. The monoisotopic (exact) mass is 356 g/mol. The molecule has 0 unspecified atom stereocenters. The lowest BCUT2D eigenvalue weighted by atomic mass is 10.0. The van der Waals surface area contributed by atoms with Gasteiger partial charge in [0.15, 0.2) is 0 Å². The SMILES string of the molecule is CC(C)[C@H](NC(=O)[C@H]1CC(=O)N(C(C)(C)C)C1)c1nc2ccccc2[nH]1. The minimum absolute atomic E-state index is 0.0440. The Bertz CT molecular complexity index is 786. The van der Waals surface area contributed by atoms with Gasteiger partial charge in [-0.2, -0.15) is 0 Å². The molecule has 0 radical (unpaired) electrons. The van der Waals surface area contributed by atoms with E-state index >= 15 is 0 Å². The molecule has 2 heterocycles. The predicted molar refractivity (Wildman–Crippen MR) is 101 cm³/mol. The minimum Gasteiger partial charge on any atom is -0.346 e. The second-order valence-corrected chi connectivity index (χ2v) is 8.45. The molecule has 140 valence electrons. The Morgan fingerprint density at radius 2 is 2.00 bits per heavy atom. The highest BCUT2D eigenvalue weighted by Crippen LogP contribution is 2.28. The first-order valence-electron chi connectivity index (χ1n) is 9.22. The average Bonchev–Trinajstić information content (AvgIpc) is 3.14. The van der Waals surface area contributed by atoms with Crippen molar-refractivity contribution in [3.63, 3.8) is 0 Å². The second-order valence-electron chi connectivity index (χ2n) is 8.45. The van der Waals surface area contributed by atoms with E-state index in [9.17, 15) is 9.59 Å². The molecule has 0 spiro atoms. The lowest BCUT2D eigenvalue weighted by molar-refractivity contribution is -0.132. The molecule has 0 saturated carbocycles. The summed E-state index contributed by atoms with van der Waals surface area (Å²) in [7, 11) is 0. The molecule has 1 aliphatic rings. The molecule has 2 amide bonds. The number of amides is 2. The van der Waals surface area contributed by atoms with Gasteiger partial charge < -0.3 is 15.2 Å². The highest BCUT2D eigenvalue weighted by atomic mass is 16.2. The van der Waals surface area contributed by atoms with Crippen LogP contribution in [0.5, 0.6) is 0 Å². The van der Waals surface area contributed by atoms with Crippen molar-refractivity contribution >= 4 is 22.8 Å². The Labute approximate surface area is 154 Å². The molecule has 1 aromatic carbocycles. The van der Waals surface area contributed by atoms with E-state index in [4.69, 9.17) is 0 Å². The third kappa shape index (κ3) is 3.59. The maximum Gasteiger partial charge on any atom is 0.226 e. The Balaban J connectivity index is 1.76. The number of aromatic nitrogens is 2. The Morgan fingerprint density at radius 1 is 1.31 bits per heavy atom. The van der Waals surface area contributed by atoms with Crippen molar-refractivity contribution in [1.82, 2.24) is 20.2 Å². The zero-order valence-electron chi connectivity index (χ0n) is 16.2. The summed E-state index contributed by atoms with van der Waals surface area (Å²) in [5.41, 5.74) is 1.58. The van der Waals surface area contributed by atoms with E-state index < -0.39 is 0 Å². The Morgan fingerprint density at radius 3 is 2.58 bits per heavy atom. The largest absolute Gasteiger partial charge is 0.346 e. The second kappa shape index (κ2) is 6.74. The van der Waals surface area contributed by atoms with Crippen molar-refractivity contribution in [3.05, 3.63) is 30.1 Å². The molecule has 6 heteroatoms. The van der Waals surface area contributed by atoms with Crippen molar-refractivity contribution in [3.8, 4) is 0 Å². The van der Waals surface area contributed by atoms with E-state index in [2.05, 4.69) is 29.1 Å². The number of aromatic amines is 1. The van der Waals surface area contributed by atoms with Crippen LogP contribution in [-0.2, 0) is 9.59 Å². The highest BCUT2D eigenvalue weighted by molar-refractivity contribution is 5.89. The van der Waals surface area contributed by atoms with E-state index in [1.54, 1.807) is 4.90 Å². The molecule has 1 fully saturated rings. The summed E-state index contributed by atoms with van der Waals surface area (Å²) >= 11 is 0. The fourth-order valence-corrected chi connectivity index (χ4v) is 3.47. The van der Waals surface area contributed by atoms with Crippen molar-refractivity contribution in [1.29, 1.82) is 0 Å². The van der Waals surface area contributed by atoms with Gasteiger partial charge in [0.05, 0.1) is 23.0 Å². The summed E-state index contributed by atoms with van der Waals surface area (Å²) in [6.45, 7) is 10.6. The number of nitrogens with one attached hydrogen (secondary N) is 2. The molecule has 3 rings (SSSR count). The number of imidazole rings is 1. The maximum atomic E-state index is 12.8. The molecule has 1 aliphatic heterocycles. The first kappa shape index (κ1) is 18.4. The van der Waals surface area contributed by atoms with Gasteiger partial charge in [-0.25, -0.2) is 4.98 Å². The molecule has 2 atom stereocenters. The van der Waals surface area contributed by atoms with Gasteiger partial charge in [0.1, 0.15) is 5.82 Å². The molecule has 0 aliphatic carbocycles. The first-order valence-corrected chi connectivity index (χ1v) is 9.22. The summed E-state index contributed by atoms with van der Waals surface area (Å²) in [5.74, 6) is 0.584. The van der Waals surface area contributed by atoms with Crippen molar-refractivity contribution in [2.24, 2.45) is 11.8 Å². The standard InChI is InChI=1S/C20H28N4O2/c1-12(2)17(18-21-14-8-6-7-9-15(14)22-18)23-19(26)13-10-16(25)24(11-13)20(3,4)5/h6-9,12-13,17H,10-11H2,1-5H3,(H,21,22)(H,23,26)/t13-,17-/m0/s1. The molecule has 1 saturated heterocycles. The van der Waals surface area contributed by atoms with Crippen LogP contribution in [0.4, 0.5) is 0 Å².